The Kier molecular flexibility index (Phi) is 14.3. The van der Waals surface area contributed by atoms with Crippen molar-refractivity contribution >= 4 is 34.6 Å². The summed E-state index contributed by atoms with van der Waals surface area (Å²) in [5.74, 6) is 1.52. The van der Waals surface area contributed by atoms with Crippen molar-refractivity contribution in [3.8, 4) is 0 Å². The molecule has 0 fully saturated rings. The molecule has 0 radical (unpaired) electrons. The first-order valence-corrected chi connectivity index (χ1v) is 14.8. The summed E-state index contributed by atoms with van der Waals surface area (Å²) in [7, 11) is 4.26. The molecule has 4 rings (SSSR count). The van der Waals surface area contributed by atoms with Crippen LogP contribution in [0.15, 0.2) is 81.6 Å². The van der Waals surface area contributed by atoms with Gasteiger partial charge in [0.2, 0.25) is 12.7 Å². The number of anilines is 2. The second-order valence-corrected chi connectivity index (χ2v) is 10.0. The van der Waals surface area contributed by atoms with Gasteiger partial charge in [0.15, 0.2) is 0 Å². The Labute approximate surface area is 263 Å². The van der Waals surface area contributed by atoms with Crippen molar-refractivity contribution in [3.63, 3.8) is 0 Å². The molecule has 2 aromatic heterocycles. The van der Waals surface area contributed by atoms with Crippen LogP contribution in [0.1, 0.15) is 55.4 Å². The number of unbranched alkanes of at least 4 members (excludes halogenated alkanes) is 1. The number of benzene rings is 2. The van der Waals surface area contributed by atoms with E-state index in [1.165, 1.54) is 11.4 Å². The standard InChI is InChI=1S/C30H44N12.2CH4/c1-7-39-23-31-41(9-3)29(39)35-33-25-13-17-27(18-14-25)37(5)21-11-12-22-38(6)28-19-15-26(16-20-28)34-36-30-40(8-2)24-32-42(30)10-4;;/h13-20,23-24H,7-12,21-22H2,1-6H3;2*1H4/q+2;;. The lowest BCUT2D eigenvalue weighted by molar-refractivity contribution is -0.681. The Hall–Kier alpha value is -4.48. The Bertz CT molecular complexity index is 1300. The fourth-order valence-electron chi connectivity index (χ4n) is 4.57. The molecular formula is C32H52N12+2. The molecule has 0 amide bonds. The van der Waals surface area contributed by atoms with Gasteiger partial charge in [0.25, 0.3) is 0 Å². The van der Waals surface area contributed by atoms with Gasteiger partial charge in [-0.05, 0) is 99.3 Å². The normalized spacial score (nSPS) is 11.1. The van der Waals surface area contributed by atoms with E-state index in [0.29, 0.717) is 0 Å². The highest BCUT2D eigenvalue weighted by Gasteiger charge is 2.16. The van der Waals surface area contributed by atoms with Crippen LogP contribution >= 0.6 is 0 Å². The van der Waals surface area contributed by atoms with Crippen molar-refractivity contribution in [2.45, 2.75) is 81.6 Å². The topological polar surface area (TPSA) is 99.3 Å². The molecular weight excluding hydrogens is 552 g/mol. The maximum atomic E-state index is 4.45. The molecule has 4 aromatic rings. The van der Waals surface area contributed by atoms with E-state index in [9.17, 15) is 0 Å². The SMILES string of the molecule is C.C.CCn1nc[n+](CC)c1N=Nc1ccc(N(C)CCCCN(C)c2ccc(N=Nc3n(CC)nc[n+]3CC)cc2)cc1. The first-order chi connectivity index (χ1) is 20.5. The first-order valence-electron chi connectivity index (χ1n) is 14.8. The third-order valence-corrected chi connectivity index (χ3v) is 7.24. The molecule has 0 aliphatic heterocycles. The van der Waals surface area contributed by atoms with E-state index in [-0.39, 0.29) is 14.9 Å². The fraction of sp³-hybridized carbons (Fsp3) is 0.500. The van der Waals surface area contributed by atoms with Gasteiger partial charge in [0.05, 0.1) is 37.6 Å². The Balaban J connectivity index is 0.00000337. The molecule has 0 aliphatic carbocycles. The number of hydrogen-bond donors (Lipinski definition) is 0. The van der Waals surface area contributed by atoms with Crippen LogP contribution in [0.3, 0.4) is 0 Å². The summed E-state index contributed by atoms with van der Waals surface area (Å²) in [6.45, 7) is 13.3. The van der Waals surface area contributed by atoms with E-state index in [4.69, 9.17) is 0 Å². The van der Waals surface area contributed by atoms with Gasteiger partial charge in [-0.2, -0.15) is 0 Å². The molecule has 0 N–H and O–H groups in total. The number of nitrogens with zero attached hydrogens (tertiary/aromatic N) is 12. The largest absolute Gasteiger partial charge is 0.403 e. The fourth-order valence-corrected chi connectivity index (χ4v) is 4.57. The van der Waals surface area contributed by atoms with Crippen molar-refractivity contribution in [1.29, 1.82) is 0 Å². The molecule has 44 heavy (non-hydrogen) atoms. The summed E-state index contributed by atoms with van der Waals surface area (Å²) in [6, 6.07) is 16.4. The Morgan fingerprint density at radius 2 is 0.955 bits per heavy atom. The van der Waals surface area contributed by atoms with E-state index in [2.05, 4.69) is 92.7 Å². The summed E-state index contributed by atoms with van der Waals surface area (Å²) in [6.07, 6.45) is 5.78. The molecule has 0 unspecified atom stereocenters. The van der Waals surface area contributed by atoms with Crippen LogP contribution in [0.25, 0.3) is 0 Å². The van der Waals surface area contributed by atoms with Crippen molar-refractivity contribution in [2.75, 3.05) is 37.0 Å². The predicted molar refractivity (Wildman–Crippen MR) is 178 cm³/mol. The van der Waals surface area contributed by atoms with Gasteiger partial charge in [-0.1, -0.05) is 25.1 Å². The van der Waals surface area contributed by atoms with Gasteiger partial charge >= 0.3 is 11.9 Å². The monoisotopic (exact) mass is 604 g/mol. The van der Waals surface area contributed by atoms with Crippen LogP contribution in [0.4, 0.5) is 34.6 Å². The summed E-state index contributed by atoms with van der Waals surface area (Å²) < 4.78 is 7.67. The molecule has 0 aliphatic rings. The van der Waals surface area contributed by atoms with Gasteiger partial charge in [0, 0.05) is 48.8 Å². The molecule has 2 heterocycles. The van der Waals surface area contributed by atoms with Crippen LogP contribution in [-0.4, -0.2) is 46.7 Å². The van der Waals surface area contributed by atoms with Crippen LogP contribution in [0, 0.1) is 0 Å². The maximum absolute atomic E-state index is 4.45. The molecule has 0 saturated carbocycles. The number of aryl methyl sites for hydroxylation is 4. The van der Waals surface area contributed by atoms with Gasteiger partial charge in [-0.3, -0.25) is 0 Å². The minimum absolute atomic E-state index is 0. The predicted octanol–water partition coefficient (Wildman–Crippen LogP) is 7.19. The lowest BCUT2D eigenvalue weighted by Crippen LogP contribution is -2.30. The van der Waals surface area contributed by atoms with Gasteiger partial charge in [0.1, 0.15) is 0 Å². The second-order valence-electron chi connectivity index (χ2n) is 10.0. The highest BCUT2D eigenvalue weighted by Crippen LogP contribution is 2.23. The Morgan fingerprint density at radius 3 is 1.27 bits per heavy atom. The number of azo groups is 2. The summed E-state index contributed by atoms with van der Waals surface area (Å²) >= 11 is 0. The average molecular weight is 605 g/mol. The summed E-state index contributed by atoms with van der Waals surface area (Å²) in [4.78, 5) is 4.56. The van der Waals surface area contributed by atoms with E-state index >= 15 is 0 Å². The minimum atomic E-state index is 0. The van der Waals surface area contributed by atoms with E-state index in [1.807, 2.05) is 56.6 Å². The number of hydrogen-bond acceptors (Lipinski definition) is 8. The van der Waals surface area contributed by atoms with Crippen LogP contribution < -0.4 is 18.9 Å². The molecule has 2 aromatic carbocycles. The van der Waals surface area contributed by atoms with Crippen LogP contribution in [-0.2, 0) is 26.2 Å². The molecule has 0 atom stereocenters. The molecule has 0 spiro atoms. The van der Waals surface area contributed by atoms with E-state index in [0.717, 1.165) is 75.4 Å². The van der Waals surface area contributed by atoms with Gasteiger partial charge in [-0.25, -0.2) is 9.13 Å². The van der Waals surface area contributed by atoms with E-state index in [1.54, 1.807) is 12.7 Å². The lowest BCUT2D eigenvalue weighted by Gasteiger charge is -2.22. The van der Waals surface area contributed by atoms with Crippen molar-refractivity contribution < 1.29 is 9.13 Å². The van der Waals surface area contributed by atoms with Crippen molar-refractivity contribution in [3.05, 3.63) is 61.2 Å². The smallest absolute Gasteiger partial charge is 0.375 e. The zero-order valence-electron chi connectivity index (χ0n) is 25.8. The van der Waals surface area contributed by atoms with E-state index < -0.39 is 0 Å². The molecule has 0 saturated heterocycles. The van der Waals surface area contributed by atoms with Crippen LogP contribution in [0.2, 0.25) is 0 Å². The zero-order chi connectivity index (χ0) is 29.9. The summed E-state index contributed by atoms with van der Waals surface area (Å²) in [5.41, 5.74) is 3.98. The second kappa shape index (κ2) is 17.6. The third kappa shape index (κ3) is 9.01. The van der Waals surface area contributed by atoms with Gasteiger partial charge < -0.3 is 9.80 Å². The quantitative estimate of drug-likeness (QED) is 0.0814. The summed E-state index contributed by atoms with van der Waals surface area (Å²) in [5, 5.41) is 26.5. The highest BCUT2D eigenvalue weighted by molar-refractivity contribution is 5.53. The lowest BCUT2D eigenvalue weighted by atomic mass is 10.2. The minimum Gasteiger partial charge on any atom is -0.375 e. The van der Waals surface area contributed by atoms with Crippen LogP contribution in [0.5, 0.6) is 0 Å². The average Bonchev–Trinajstić information content (AvgIpc) is 3.63. The highest BCUT2D eigenvalue weighted by atomic mass is 15.4. The Morgan fingerprint density at radius 1 is 0.591 bits per heavy atom. The van der Waals surface area contributed by atoms with Gasteiger partial charge in [-0.15, -0.1) is 9.36 Å². The van der Waals surface area contributed by atoms with Crippen molar-refractivity contribution in [1.82, 2.24) is 19.6 Å². The number of rotatable bonds is 15. The number of aromatic nitrogens is 6. The van der Waals surface area contributed by atoms with Crippen molar-refractivity contribution in [2.24, 2.45) is 20.5 Å². The zero-order valence-corrected chi connectivity index (χ0v) is 25.8. The molecule has 238 valence electrons. The third-order valence-electron chi connectivity index (χ3n) is 7.24. The molecule has 0 bridgehead atoms. The molecule has 12 heteroatoms. The maximum Gasteiger partial charge on any atom is 0.403 e. The first kappa shape index (κ1) is 35.7. The molecule has 12 nitrogen and oxygen atoms in total.